The summed E-state index contributed by atoms with van der Waals surface area (Å²) in [5.74, 6) is 0. The third-order valence-electron chi connectivity index (χ3n) is 1.55. The second kappa shape index (κ2) is 3.03. The zero-order valence-electron chi connectivity index (χ0n) is 6.57. The van der Waals surface area contributed by atoms with Crippen LogP contribution < -0.4 is 5.73 Å². The Bertz CT molecular complexity index is 347. The number of nitrogens with two attached hydrogens (primary N) is 1. The molecule has 0 saturated carbocycles. The minimum atomic E-state index is 0.636. The van der Waals surface area contributed by atoms with Crippen LogP contribution in [0.5, 0.6) is 0 Å². The van der Waals surface area contributed by atoms with Gasteiger partial charge < -0.3 is 5.73 Å². The standard InChI is InChI=1S/C8H8N2S2/c1-5-2-3-6-7(4-5)12-10-8(9)11-6/h2-4H,1H3,(H2,9,10). The maximum Gasteiger partial charge on any atom is 0.171 e. The van der Waals surface area contributed by atoms with E-state index >= 15 is 0 Å². The normalized spacial score (nSPS) is 15.2. The summed E-state index contributed by atoms with van der Waals surface area (Å²) in [5.41, 5.74) is 6.84. The lowest BCUT2D eigenvalue weighted by atomic mass is 10.2. The molecule has 0 bridgehead atoms. The molecule has 0 atom stereocenters. The smallest absolute Gasteiger partial charge is 0.171 e. The molecule has 0 radical (unpaired) electrons. The molecule has 4 heteroatoms. The van der Waals surface area contributed by atoms with Gasteiger partial charge in [0, 0.05) is 21.7 Å². The fraction of sp³-hybridized carbons (Fsp3) is 0.125. The van der Waals surface area contributed by atoms with Crippen LogP contribution in [0.3, 0.4) is 0 Å². The predicted molar refractivity (Wildman–Crippen MR) is 54.5 cm³/mol. The van der Waals surface area contributed by atoms with Crippen molar-refractivity contribution in [2.75, 3.05) is 0 Å². The highest BCUT2D eigenvalue weighted by Crippen LogP contribution is 2.36. The predicted octanol–water partition coefficient (Wildman–Crippen LogP) is 2.42. The maximum atomic E-state index is 5.58. The molecule has 0 aromatic heterocycles. The number of rotatable bonds is 0. The Morgan fingerprint density at radius 1 is 1.33 bits per heavy atom. The lowest BCUT2D eigenvalue weighted by Crippen LogP contribution is -2.07. The van der Waals surface area contributed by atoms with Crippen LogP contribution in [0.25, 0.3) is 0 Å². The van der Waals surface area contributed by atoms with E-state index in [0.29, 0.717) is 5.17 Å². The van der Waals surface area contributed by atoms with Crippen LogP contribution in [0, 0.1) is 6.92 Å². The van der Waals surface area contributed by atoms with E-state index in [1.807, 2.05) is 0 Å². The minimum Gasteiger partial charge on any atom is -0.377 e. The number of thioether (sulfide) groups is 1. The highest BCUT2D eigenvalue weighted by molar-refractivity contribution is 8.16. The third kappa shape index (κ3) is 1.44. The molecule has 0 spiro atoms. The number of hydrogen-bond acceptors (Lipinski definition) is 4. The van der Waals surface area contributed by atoms with Gasteiger partial charge in [-0.2, -0.15) is 4.40 Å². The Morgan fingerprint density at radius 2 is 2.17 bits per heavy atom. The average Bonchev–Trinajstić information content (AvgIpc) is 2.05. The van der Waals surface area contributed by atoms with Crippen molar-refractivity contribution in [3.63, 3.8) is 0 Å². The molecule has 0 aliphatic carbocycles. The first-order valence-corrected chi connectivity index (χ1v) is 5.14. The van der Waals surface area contributed by atoms with Crippen LogP contribution in [-0.2, 0) is 0 Å². The summed E-state index contributed by atoms with van der Waals surface area (Å²) in [6.07, 6.45) is 0. The Labute approximate surface area is 79.8 Å². The van der Waals surface area contributed by atoms with Crippen molar-refractivity contribution in [1.82, 2.24) is 0 Å². The molecule has 0 unspecified atom stereocenters. The van der Waals surface area contributed by atoms with Gasteiger partial charge in [-0.3, -0.25) is 0 Å². The van der Waals surface area contributed by atoms with Gasteiger partial charge in [0.05, 0.1) is 0 Å². The summed E-state index contributed by atoms with van der Waals surface area (Å²) in [7, 11) is 0. The summed E-state index contributed by atoms with van der Waals surface area (Å²) in [6.45, 7) is 2.08. The van der Waals surface area contributed by atoms with Crippen molar-refractivity contribution in [2.24, 2.45) is 10.1 Å². The summed E-state index contributed by atoms with van der Waals surface area (Å²) in [5, 5.41) is 0.636. The van der Waals surface area contributed by atoms with Crippen LogP contribution in [0.15, 0.2) is 32.4 Å². The second-order valence-corrected chi connectivity index (χ2v) is 4.44. The molecule has 1 aromatic rings. The first-order valence-electron chi connectivity index (χ1n) is 3.55. The Hall–Kier alpha value is -0.610. The topological polar surface area (TPSA) is 38.4 Å². The van der Waals surface area contributed by atoms with Gasteiger partial charge in [-0.05, 0) is 24.6 Å². The molecule has 0 amide bonds. The van der Waals surface area contributed by atoms with Crippen LogP contribution in [-0.4, -0.2) is 5.17 Å². The monoisotopic (exact) mass is 196 g/mol. The van der Waals surface area contributed by atoms with Crippen molar-refractivity contribution in [1.29, 1.82) is 0 Å². The van der Waals surface area contributed by atoms with Gasteiger partial charge in [-0.25, -0.2) is 0 Å². The number of hydrogen-bond donors (Lipinski definition) is 1. The van der Waals surface area contributed by atoms with E-state index in [-0.39, 0.29) is 0 Å². The number of nitrogens with zero attached hydrogens (tertiary/aromatic N) is 1. The Kier molecular flexibility index (Phi) is 2.02. The van der Waals surface area contributed by atoms with Gasteiger partial charge >= 0.3 is 0 Å². The van der Waals surface area contributed by atoms with Crippen molar-refractivity contribution < 1.29 is 0 Å². The zero-order valence-corrected chi connectivity index (χ0v) is 8.21. The lowest BCUT2D eigenvalue weighted by Gasteiger charge is -2.11. The van der Waals surface area contributed by atoms with E-state index in [4.69, 9.17) is 5.73 Å². The van der Waals surface area contributed by atoms with Crippen LogP contribution in [0.4, 0.5) is 0 Å². The summed E-state index contributed by atoms with van der Waals surface area (Å²) >= 11 is 2.98. The van der Waals surface area contributed by atoms with Crippen LogP contribution in [0.2, 0.25) is 0 Å². The van der Waals surface area contributed by atoms with Gasteiger partial charge in [-0.1, -0.05) is 17.8 Å². The number of aryl methyl sites for hydroxylation is 1. The number of benzene rings is 1. The quantitative estimate of drug-likeness (QED) is 0.648. The highest BCUT2D eigenvalue weighted by Gasteiger charge is 2.11. The fourth-order valence-corrected chi connectivity index (χ4v) is 2.60. The summed E-state index contributed by atoms with van der Waals surface area (Å²) < 4.78 is 4.09. The summed E-state index contributed by atoms with van der Waals surface area (Å²) in [4.78, 5) is 2.41. The van der Waals surface area contributed by atoms with Crippen molar-refractivity contribution in [2.45, 2.75) is 16.7 Å². The molecule has 2 rings (SSSR count). The summed E-state index contributed by atoms with van der Waals surface area (Å²) in [6, 6.07) is 6.30. The van der Waals surface area contributed by atoms with Crippen molar-refractivity contribution >= 4 is 28.9 Å². The molecule has 2 N–H and O–H groups in total. The molecule has 0 fully saturated rings. The fourth-order valence-electron chi connectivity index (χ4n) is 0.996. The van der Waals surface area contributed by atoms with Crippen molar-refractivity contribution in [3.8, 4) is 0 Å². The van der Waals surface area contributed by atoms with Crippen LogP contribution >= 0.6 is 23.7 Å². The van der Waals surface area contributed by atoms with E-state index in [1.165, 1.54) is 39.1 Å². The van der Waals surface area contributed by atoms with Crippen LogP contribution in [0.1, 0.15) is 5.56 Å². The van der Waals surface area contributed by atoms with E-state index in [1.54, 1.807) is 0 Å². The van der Waals surface area contributed by atoms with E-state index in [9.17, 15) is 0 Å². The number of amidine groups is 1. The molecular weight excluding hydrogens is 188 g/mol. The van der Waals surface area contributed by atoms with Gasteiger partial charge in [0.25, 0.3) is 0 Å². The maximum absolute atomic E-state index is 5.58. The highest BCUT2D eigenvalue weighted by atomic mass is 32.2. The molecule has 1 aromatic carbocycles. The molecule has 2 nitrogen and oxygen atoms in total. The van der Waals surface area contributed by atoms with E-state index in [0.717, 1.165) is 0 Å². The zero-order chi connectivity index (χ0) is 8.55. The molecule has 1 aliphatic heterocycles. The third-order valence-corrected chi connectivity index (χ3v) is 3.49. The second-order valence-electron chi connectivity index (χ2n) is 2.57. The van der Waals surface area contributed by atoms with Crippen molar-refractivity contribution in [3.05, 3.63) is 23.8 Å². The molecular formula is C8H8N2S2. The Balaban J connectivity index is 2.43. The van der Waals surface area contributed by atoms with Gasteiger partial charge in [0.2, 0.25) is 0 Å². The molecule has 0 saturated heterocycles. The Morgan fingerprint density at radius 3 is 3.00 bits per heavy atom. The van der Waals surface area contributed by atoms with E-state index < -0.39 is 0 Å². The molecule has 1 heterocycles. The van der Waals surface area contributed by atoms with Gasteiger partial charge in [-0.15, -0.1) is 0 Å². The average molecular weight is 196 g/mol. The first kappa shape index (κ1) is 8.01. The molecule has 62 valence electrons. The van der Waals surface area contributed by atoms with E-state index in [2.05, 4.69) is 29.5 Å². The first-order chi connectivity index (χ1) is 5.75. The lowest BCUT2D eigenvalue weighted by molar-refractivity contribution is 1.21. The SMILES string of the molecule is Cc1ccc2c(c1)SN=C(N)S2. The molecule has 12 heavy (non-hydrogen) atoms. The molecule has 1 aliphatic rings. The minimum absolute atomic E-state index is 0.636. The van der Waals surface area contributed by atoms with Gasteiger partial charge in [0.1, 0.15) is 0 Å². The number of fused-ring (bicyclic) bond motifs is 1. The van der Waals surface area contributed by atoms with Gasteiger partial charge in [0.15, 0.2) is 5.17 Å². The largest absolute Gasteiger partial charge is 0.377 e.